The average molecular weight is 508 g/mol. The SMILES string of the molecule is CC1=NC(=NC2CCC(NC(=O)OC(C)(C)C)CC2)N=c2ccc(=C3C=CN(O)C4=C3OCCO4)cc21. The molecule has 1 amide bonds. The number of carbonyl (C=O) groups excluding carboxylic acids is 1. The molecule has 1 aromatic carbocycles. The minimum absolute atomic E-state index is 0.0948. The Labute approximate surface area is 215 Å². The number of benzene rings is 1. The third-order valence-electron chi connectivity index (χ3n) is 6.50. The molecule has 0 radical (unpaired) electrons. The van der Waals surface area contributed by atoms with Crippen LogP contribution in [0.2, 0.25) is 0 Å². The van der Waals surface area contributed by atoms with E-state index in [1.165, 1.54) is 6.20 Å². The molecule has 5 rings (SSSR count). The molecule has 1 aromatic rings. The van der Waals surface area contributed by atoms with Crippen molar-refractivity contribution in [3.05, 3.63) is 58.3 Å². The van der Waals surface area contributed by atoms with E-state index in [0.717, 1.165) is 58.2 Å². The number of amides is 1. The van der Waals surface area contributed by atoms with Gasteiger partial charge in [0.2, 0.25) is 5.96 Å². The molecule has 1 saturated carbocycles. The van der Waals surface area contributed by atoms with E-state index in [1.54, 1.807) is 6.08 Å². The van der Waals surface area contributed by atoms with Gasteiger partial charge in [0.15, 0.2) is 5.76 Å². The van der Waals surface area contributed by atoms with Crippen LogP contribution in [0.5, 0.6) is 0 Å². The Hall–Kier alpha value is -3.66. The molecule has 3 aliphatic heterocycles. The second kappa shape index (κ2) is 10.0. The first-order valence-corrected chi connectivity index (χ1v) is 12.7. The number of hydroxylamine groups is 2. The summed E-state index contributed by atoms with van der Waals surface area (Å²) in [6.45, 7) is 8.34. The lowest BCUT2D eigenvalue weighted by Crippen LogP contribution is -2.41. The van der Waals surface area contributed by atoms with Gasteiger partial charge in [0, 0.05) is 23.4 Å². The fourth-order valence-corrected chi connectivity index (χ4v) is 4.77. The molecule has 0 saturated heterocycles. The van der Waals surface area contributed by atoms with Crippen molar-refractivity contribution < 1.29 is 24.2 Å². The molecule has 3 heterocycles. The third kappa shape index (κ3) is 5.69. The molecule has 1 aliphatic carbocycles. The summed E-state index contributed by atoms with van der Waals surface area (Å²) in [5.41, 5.74) is 2.08. The molecule has 10 heteroatoms. The molecule has 0 aromatic heterocycles. The fraction of sp³-hybridized carbons (Fsp3) is 0.481. The van der Waals surface area contributed by atoms with E-state index in [1.807, 2.05) is 45.9 Å². The van der Waals surface area contributed by atoms with Crippen LogP contribution in [0, 0.1) is 0 Å². The van der Waals surface area contributed by atoms with Crippen LogP contribution in [0.15, 0.2) is 57.1 Å². The van der Waals surface area contributed by atoms with Gasteiger partial charge >= 0.3 is 6.09 Å². The number of rotatable bonds is 2. The van der Waals surface area contributed by atoms with E-state index in [9.17, 15) is 10.0 Å². The zero-order chi connectivity index (χ0) is 26.2. The lowest BCUT2D eigenvalue weighted by atomic mass is 9.91. The van der Waals surface area contributed by atoms with Gasteiger partial charge in [0.05, 0.1) is 17.1 Å². The number of nitrogens with one attached hydrogen (secondary N) is 1. The van der Waals surface area contributed by atoms with Gasteiger partial charge in [-0.2, -0.15) is 5.06 Å². The van der Waals surface area contributed by atoms with Crippen LogP contribution in [0.25, 0.3) is 5.57 Å². The lowest BCUT2D eigenvalue weighted by molar-refractivity contribution is -0.0927. The molecule has 0 unspecified atom stereocenters. The number of ether oxygens (including phenoxy) is 3. The van der Waals surface area contributed by atoms with Crippen molar-refractivity contribution in [3.8, 4) is 0 Å². The Morgan fingerprint density at radius 3 is 2.68 bits per heavy atom. The van der Waals surface area contributed by atoms with Crippen molar-refractivity contribution >= 4 is 23.3 Å². The topological polar surface area (TPSA) is 117 Å². The first-order chi connectivity index (χ1) is 17.7. The quantitative estimate of drug-likeness (QED) is 0.636. The first kappa shape index (κ1) is 25.0. The lowest BCUT2D eigenvalue weighted by Gasteiger charge is -2.28. The number of nitrogens with zero attached hydrogens (tertiary/aromatic N) is 4. The Balaban J connectivity index is 1.32. The van der Waals surface area contributed by atoms with Gasteiger partial charge < -0.3 is 19.5 Å². The van der Waals surface area contributed by atoms with Crippen molar-refractivity contribution in [1.29, 1.82) is 0 Å². The van der Waals surface area contributed by atoms with E-state index >= 15 is 0 Å². The Morgan fingerprint density at radius 1 is 1.16 bits per heavy atom. The Morgan fingerprint density at radius 2 is 1.92 bits per heavy atom. The molecule has 0 spiro atoms. The van der Waals surface area contributed by atoms with Gasteiger partial charge in [-0.15, -0.1) is 0 Å². The second-order valence-corrected chi connectivity index (χ2v) is 10.5. The smallest absolute Gasteiger partial charge is 0.407 e. The molecular formula is C27H33N5O5. The number of alkyl carbamates (subject to hydrolysis) is 1. The highest BCUT2D eigenvalue weighted by molar-refractivity contribution is 6.08. The zero-order valence-corrected chi connectivity index (χ0v) is 21.7. The van der Waals surface area contributed by atoms with Crippen LogP contribution in [0.4, 0.5) is 4.79 Å². The molecule has 37 heavy (non-hydrogen) atoms. The fourth-order valence-electron chi connectivity index (χ4n) is 4.77. The zero-order valence-electron chi connectivity index (χ0n) is 21.7. The number of allylic oxidation sites excluding steroid dienone is 1. The monoisotopic (exact) mass is 507 g/mol. The number of carbonyl (C=O) groups is 1. The summed E-state index contributed by atoms with van der Waals surface area (Å²) < 4.78 is 16.8. The van der Waals surface area contributed by atoms with E-state index in [-0.39, 0.29) is 18.2 Å². The van der Waals surface area contributed by atoms with Gasteiger partial charge in [-0.3, -0.25) is 5.21 Å². The van der Waals surface area contributed by atoms with E-state index in [4.69, 9.17) is 24.2 Å². The molecule has 1 fully saturated rings. The molecule has 0 bridgehead atoms. The maximum absolute atomic E-state index is 12.1. The Bertz CT molecular complexity index is 1330. The van der Waals surface area contributed by atoms with Crippen LogP contribution in [-0.4, -0.2) is 58.9 Å². The largest absolute Gasteiger partial charge is 0.484 e. The van der Waals surface area contributed by atoms with Crippen molar-refractivity contribution in [2.75, 3.05) is 13.2 Å². The summed E-state index contributed by atoms with van der Waals surface area (Å²) in [4.78, 5) is 26.3. The van der Waals surface area contributed by atoms with Gasteiger partial charge in [0.25, 0.3) is 5.88 Å². The maximum Gasteiger partial charge on any atom is 0.407 e. The van der Waals surface area contributed by atoms with Crippen molar-refractivity contribution in [1.82, 2.24) is 10.4 Å². The predicted molar refractivity (Wildman–Crippen MR) is 137 cm³/mol. The van der Waals surface area contributed by atoms with Gasteiger partial charge in [-0.05, 0) is 76.8 Å². The van der Waals surface area contributed by atoms with Gasteiger partial charge in [0.1, 0.15) is 18.8 Å². The molecule has 2 N–H and O–H groups in total. The normalized spacial score (nSPS) is 25.8. The van der Waals surface area contributed by atoms with E-state index in [2.05, 4.69) is 10.3 Å². The summed E-state index contributed by atoms with van der Waals surface area (Å²) in [5, 5.41) is 15.7. The van der Waals surface area contributed by atoms with Crippen LogP contribution < -0.4 is 15.9 Å². The molecule has 0 atom stereocenters. The van der Waals surface area contributed by atoms with Gasteiger partial charge in [-0.1, -0.05) is 6.07 Å². The van der Waals surface area contributed by atoms with Gasteiger partial charge in [-0.25, -0.2) is 19.8 Å². The highest BCUT2D eigenvalue weighted by Gasteiger charge is 2.27. The number of guanidine groups is 1. The highest BCUT2D eigenvalue weighted by atomic mass is 16.6. The summed E-state index contributed by atoms with van der Waals surface area (Å²) in [6, 6.07) is 6.16. The van der Waals surface area contributed by atoms with Crippen LogP contribution in [0.1, 0.15) is 58.9 Å². The summed E-state index contributed by atoms with van der Waals surface area (Å²) in [6.07, 6.45) is 6.34. The number of fused-ring (bicyclic) bond motifs is 1. The molecule has 4 aliphatic rings. The van der Waals surface area contributed by atoms with Crippen molar-refractivity contribution in [2.45, 2.75) is 71.1 Å². The van der Waals surface area contributed by atoms with E-state index in [0.29, 0.717) is 30.8 Å². The minimum atomic E-state index is -0.507. The van der Waals surface area contributed by atoms with Crippen molar-refractivity contribution in [3.63, 3.8) is 0 Å². The van der Waals surface area contributed by atoms with Crippen LogP contribution in [-0.2, 0) is 14.2 Å². The molecular weight excluding hydrogens is 474 g/mol. The highest BCUT2D eigenvalue weighted by Crippen LogP contribution is 2.28. The first-order valence-electron chi connectivity index (χ1n) is 12.7. The van der Waals surface area contributed by atoms with E-state index < -0.39 is 5.60 Å². The number of aliphatic imine (C=N–C) groups is 2. The standard InChI is InChI=1S/C27H33N5O5/c1-16-21-15-17(20-11-12-32(34)24-23(20)35-13-14-36-24)5-10-22(21)31-25(28-16)29-18-6-8-19(9-7-18)30-26(33)37-27(2,3)4/h5,10-12,15,18-19,34H,6-9,13-14H2,1-4H3,(H,30,33). The third-order valence-corrected chi connectivity index (χ3v) is 6.50. The van der Waals surface area contributed by atoms with Crippen LogP contribution >= 0.6 is 0 Å². The van der Waals surface area contributed by atoms with Crippen molar-refractivity contribution in [2.24, 2.45) is 15.0 Å². The summed E-state index contributed by atoms with van der Waals surface area (Å²) in [5.74, 6) is 1.29. The summed E-state index contributed by atoms with van der Waals surface area (Å²) >= 11 is 0. The predicted octanol–water partition coefficient (Wildman–Crippen LogP) is 2.91. The molecule has 196 valence electrons. The average Bonchev–Trinajstić information content (AvgIpc) is 2.84. The number of hydrogen-bond donors (Lipinski definition) is 2. The minimum Gasteiger partial charge on any atom is -0.484 e. The Kier molecular flexibility index (Phi) is 6.76. The second-order valence-electron chi connectivity index (χ2n) is 10.5. The summed E-state index contributed by atoms with van der Waals surface area (Å²) in [7, 11) is 0. The van der Waals surface area contributed by atoms with Crippen LogP contribution in [0.3, 0.4) is 0 Å². The molecule has 10 nitrogen and oxygen atoms in total. The maximum atomic E-state index is 12.1. The number of hydrogen-bond acceptors (Lipinski definition) is 7.